The van der Waals surface area contributed by atoms with Gasteiger partial charge in [-0.05, 0) is 61.1 Å². The Balaban J connectivity index is 1.40. The maximum Gasteiger partial charge on any atom is 0.416 e. The normalized spacial score (nSPS) is 31.3. The molecule has 1 heterocycles. The number of ether oxygens (including phenoxy) is 1. The lowest BCUT2D eigenvalue weighted by atomic mass is 9.38. The molecule has 5 aliphatic rings. The molecule has 0 unspecified atom stereocenters. The van der Waals surface area contributed by atoms with Gasteiger partial charge < -0.3 is 20.1 Å². The smallest absolute Gasteiger partial charge is 0.416 e. The van der Waals surface area contributed by atoms with Crippen LogP contribution < -0.4 is 10.1 Å². The Labute approximate surface area is 238 Å². The molecular formula is C32H37F3N2O4. The highest BCUT2D eigenvalue weighted by molar-refractivity contribution is 5.87. The van der Waals surface area contributed by atoms with Crippen molar-refractivity contribution in [2.45, 2.75) is 82.2 Å². The summed E-state index contributed by atoms with van der Waals surface area (Å²) >= 11 is 0. The number of carbonyl (C=O) groups is 2. The van der Waals surface area contributed by atoms with Crippen molar-refractivity contribution < 1.29 is 32.6 Å². The minimum Gasteiger partial charge on any atom is -0.496 e. The van der Waals surface area contributed by atoms with Gasteiger partial charge in [-0.15, -0.1) is 0 Å². The second-order valence-corrected chi connectivity index (χ2v) is 12.5. The number of methoxy groups -OCH3 is 1. The second-order valence-electron chi connectivity index (χ2n) is 12.5. The van der Waals surface area contributed by atoms with Gasteiger partial charge in [0.2, 0.25) is 5.91 Å². The predicted molar refractivity (Wildman–Crippen MR) is 146 cm³/mol. The molecule has 220 valence electrons. The van der Waals surface area contributed by atoms with E-state index in [2.05, 4.69) is 5.32 Å². The fourth-order valence-corrected chi connectivity index (χ4v) is 8.24. The van der Waals surface area contributed by atoms with E-state index in [4.69, 9.17) is 4.74 Å². The van der Waals surface area contributed by atoms with E-state index in [-0.39, 0.29) is 41.5 Å². The zero-order valence-electron chi connectivity index (χ0n) is 23.2. The maximum atomic E-state index is 14.3. The molecule has 5 fully saturated rings. The molecule has 6 nitrogen and oxygen atoms in total. The molecule has 2 aromatic carbocycles. The highest BCUT2D eigenvalue weighted by Gasteiger charge is 2.69. The zero-order valence-corrected chi connectivity index (χ0v) is 23.2. The number of hydrogen-bond acceptors (Lipinski definition) is 4. The minimum absolute atomic E-state index is 0.0843. The summed E-state index contributed by atoms with van der Waals surface area (Å²) in [4.78, 5) is 29.0. The first kappa shape index (κ1) is 28.1. The largest absolute Gasteiger partial charge is 0.496 e. The first-order valence-corrected chi connectivity index (χ1v) is 14.7. The van der Waals surface area contributed by atoms with Crippen LogP contribution in [0.5, 0.6) is 5.75 Å². The molecule has 1 aliphatic heterocycles. The van der Waals surface area contributed by atoms with Gasteiger partial charge in [-0.2, -0.15) is 13.2 Å². The molecule has 2 bridgehead atoms. The number of hydrogen-bond donors (Lipinski definition) is 2. The molecule has 1 saturated heterocycles. The number of rotatable bonds is 8. The molecule has 7 rings (SSSR count). The number of nitrogens with zero attached hydrogens (tertiary/aromatic N) is 1. The molecule has 2 N–H and O–H groups in total. The van der Waals surface area contributed by atoms with E-state index < -0.39 is 29.8 Å². The van der Waals surface area contributed by atoms with Gasteiger partial charge in [0.25, 0.3) is 0 Å². The lowest BCUT2D eigenvalue weighted by molar-refractivity contribution is -0.178. The average Bonchev–Trinajstić information content (AvgIpc) is 3.25. The summed E-state index contributed by atoms with van der Waals surface area (Å²) in [5.41, 5.74) is 0.481. The van der Waals surface area contributed by atoms with Crippen molar-refractivity contribution in [3.8, 4) is 5.75 Å². The van der Waals surface area contributed by atoms with Crippen LogP contribution in [0.2, 0.25) is 0 Å². The summed E-state index contributed by atoms with van der Waals surface area (Å²) in [6.45, 7) is 0.184. The monoisotopic (exact) mass is 570 g/mol. The Morgan fingerprint density at radius 3 is 2.29 bits per heavy atom. The lowest BCUT2D eigenvalue weighted by Crippen LogP contribution is -2.63. The molecule has 41 heavy (non-hydrogen) atoms. The van der Waals surface area contributed by atoms with Crippen LogP contribution in [0.4, 0.5) is 13.2 Å². The number of amides is 1. The van der Waals surface area contributed by atoms with Gasteiger partial charge in [-0.3, -0.25) is 4.79 Å². The van der Waals surface area contributed by atoms with Gasteiger partial charge in [-0.25, -0.2) is 4.79 Å². The topological polar surface area (TPSA) is 78.9 Å². The summed E-state index contributed by atoms with van der Waals surface area (Å²) in [5.74, 6) is -0.852. The van der Waals surface area contributed by atoms with Crippen LogP contribution in [0.3, 0.4) is 0 Å². The number of carboxylic acid groups (broad SMARTS) is 1. The van der Waals surface area contributed by atoms with E-state index in [1.165, 1.54) is 13.2 Å². The fraction of sp³-hybridized carbons (Fsp3) is 0.562. The van der Waals surface area contributed by atoms with E-state index in [1.54, 1.807) is 4.90 Å². The summed E-state index contributed by atoms with van der Waals surface area (Å²) in [6.07, 6.45) is 2.91. The molecule has 4 atom stereocenters. The Hall–Kier alpha value is -3.07. The SMILES string of the molecule is COc1cc(C(F)(F)F)ccc1CN[C@H]1[C@H](C23CC(C2)C3)[C@@H](C(=O)O)N(C(=O)C2CCCCC2)[C@H]1c1ccccc1. The van der Waals surface area contributed by atoms with E-state index in [0.29, 0.717) is 11.5 Å². The third kappa shape index (κ3) is 4.90. The summed E-state index contributed by atoms with van der Waals surface area (Å²) in [6, 6.07) is 11.2. The van der Waals surface area contributed by atoms with E-state index in [9.17, 15) is 27.9 Å². The molecule has 4 aliphatic carbocycles. The summed E-state index contributed by atoms with van der Waals surface area (Å²) in [5, 5.41) is 14.3. The number of carbonyl (C=O) groups excluding carboxylic acids is 1. The maximum absolute atomic E-state index is 14.3. The Bertz CT molecular complexity index is 1280. The summed E-state index contributed by atoms with van der Waals surface area (Å²) in [7, 11) is 1.34. The van der Waals surface area contributed by atoms with Crippen LogP contribution in [0.25, 0.3) is 0 Å². The van der Waals surface area contributed by atoms with Crippen LogP contribution in [-0.4, -0.2) is 41.1 Å². The number of aliphatic carboxylic acids is 1. The zero-order chi connectivity index (χ0) is 28.9. The summed E-state index contributed by atoms with van der Waals surface area (Å²) < 4.78 is 45.4. The van der Waals surface area contributed by atoms with Crippen molar-refractivity contribution in [1.82, 2.24) is 10.2 Å². The first-order chi connectivity index (χ1) is 19.6. The molecule has 2 aromatic rings. The van der Waals surface area contributed by atoms with Crippen molar-refractivity contribution in [3.63, 3.8) is 0 Å². The molecule has 0 aromatic heterocycles. The van der Waals surface area contributed by atoms with Crippen molar-refractivity contribution in [1.29, 1.82) is 0 Å². The van der Waals surface area contributed by atoms with Crippen molar-refractivity contribution in [2.75, 3.05) is 7.11 Å². The molecule has 9 heteroatoms. The van der Waals surface area contributed by atoms with Crippen molar-refractivity contribution >= 4 is 11.9 Å². The Morgan fingerprint density at radius 1 is 1.05 bits per heavy atom. The number of carboxylic acids is 1. The number of alkyl halides is 3. The van der Waals surface area contributed by atoms with Gasteiger partial charge in [0.1, 0.15) is 11.8 Å². The van der Waals surface area contributed by atoms with Crippen LogP contribution in [-0.2, 0) is 22.3 Å². The predicted octanol–water partition coefficient (Wildman–Crippen LogP) is 6.21. The fourth-order valence-electron chi connectivity index (χ4n) is 8.24. The van der Waals surface area contributed by atoms with E-state index >= 15 is 0 Å². The Kier molecular flexibility index (Phi) is 7.29. The van der Waals surface area contributed by atoms with Crippen LogP contribution in [0.15, 0.2) is 48.5 Å². The van der Waals surface area contributed by atoms with Gasteiger partial charge >= 0.3 is 12.1 Å². The molecular weight excluding hydrogens is 533 g/mol. The highest BCUT2D eigenvalue weighted by Crippen LogP contribution is 2.71. The molecule has 0 spiro atoms. The van der Waals surface area contributed by atoms with Crippen LogP contribution in [0, 0.1) is 23.2 Å². The lowest BCUT2D eigenvalue weighted by Gasteiger charge is -2.66. The second kappa shape index (κ2) is 10.6. The first-order valence-electron chi connectivity index (χ1n) is 14.7. The number of benzene rings is 2. The molecule has 0 radical (unpaired) electrons. The minimum atomic E-state index is -4.49. The average molecular weight is 571 g/mol. The quantitative estimate of drug-likeness (QED) is 0.395. The van der Waals surface area contributed by atoms with Crippen LogP contribution in [0.1, 0.15) is 74.1 Å². The van der Waals surface area contributed by atoms with Crippen molar-refractivity contribution in [2.24, 2.45) is 23.2 Å². The third-order valence-corrected chi connectivity index (χ3v) is 10.2. The molecule has 1 amide bonds. The van der Waals surface area contributed by atoms with Crippen LogP contribution >= 0.6 is 0 Å². The van der Waals surface area contributed by atoms with Gasteiger partial charge in [-0.1, -0.05) is 55.7 Å². The standard InChI is InChI=1S/C32H37F3N2O4/c1-41-24-14-23(32(33,34)35)13-12-22(24)18-36-26-25(31-15-19(16-31)17-31)28(30(39)40)37(27(26)20-8-4-2-5-9-20)29(38)21-10-6-3-7-11-21/h2,4-5,8-9,12-14,19,21,25-28,36H,3,6-7,10-11,15-18H2,1H3,(H,39,40)/t19?,25-,26-,27-,28-,31?/m0/s1. The number of halogens is 3. The number of nitrogens with one attached hydrogen (secondary N) is 1. The van der Waals surface area contributed by atoms with Gasteiger partial charge in [0.15, 0.2) is 0 Å². The van der Waals surface area contributed by atoms with Gasteiger partial charge in [0.05, 0.1) is 18.7 Å². The number of likely N-dealkylation sites (tertiary alicyclic amines) is 1. The van der Waals surface area contributed by atoms with Gasteiger partial charge in [0, 0.05) is 30.0 Å². The van der Waals surface area contributed by atoms with Crippen molar-refractivity contribution in [3.05, 3.63) is 65.2 Å². The van der Waals surface area contributed by atoms with E-state index in [0.717, 1.165) is 69.1 Å². The molecule has 4 saturated carbocycles. The van der Waals surface area contributed by atoms with E-state index in [1.807, 2.05) is 30.3 Å². The highest BCUT2D eigenvalue weighted by atomic mass is 19.4. The Morgan fingerprint density at radius 2 is 1.73 bits per heavy atom. The third-order valence-electron chi connectivity index (χ3n) is 10.2.